The highest BCUT2D eigenvalue weighted by molar-refractivity contribution is 7.89. The molecule has 2 aromatic rings. The van der Waals surface area contributed by atoms with E-state index in [0.717, 1.165) is 31.2 Å². The molecule has 5 nitrogen and oxygen atoms in total. The summed E-state index contributed by atoms with van der Waals surface area (Å²) in [7, 11) is -4.04. The standard InChI is InChI=1S/C21H24Cl2N2O3S/c22-17-10-11-18(23)20(15-17)29(27,28)24-19(14-16-8-4-3-5-9-16)21(26)25-12-6-1-2-7-13-25/h3-5,8-11,15,19,24H,1-2,6-7,12-14H2/t19-/m1/s1. The Morgan fingerprint density at radius 3 is 2.31 bits per heavy atom. The summed E-state index contributed by atoms with van der Waals surface area (Å²) >= 11 is 12.1. The second kappa shape index (κ2) is 9.94. The van der Waals surface area contributed by atoms with Crippen LogP contribution in [0.3, 0.4) is 0 Å². The first-order valence-electron chi connectivity index (χ1n) is 9.67. The van der Waals surface area contributed by atoms with Crippen molar-refractivity contribution in [3.05, 3.63) is 64.1 Å². The molecular formula is C21H24Cl2N2O3S. The van der Waals surface area contributed by atoms with Crippen molar-refractivity contribution in [1.29, 1.82) is 0 Å². The Hall–Kier alpha value is -1.60. The molecule has 3 rings (SSSR count). The van der Waals surface area contributed by atoms with Crippen LogP contribution >= 0.6 is 23.2 Å². The van der Waals surface area contributed by atoms with E-state index in [-0.39, 0.29) is 27.3 Å². The first kappa shape index (κ1) is 22.1. The highest BCUT2D eigenvalue weighted by atomic mass is 35.5. The Morgan fingerprint density at radius 1 is 1.00 bits per heavy atom. The van der Waals surface area contributed by atoms with Crippen molar-refractivity contribution in [2.75, 3.05) is 13.1 Å². The SMILES string of the molecule is O=C([C@@H](Cc1ccccc1)NS(=O)(=O)c1cc(Cl)ccc1Cl)N1CCCCCC1. The van der Waals surface area contributed by atoms with Gasteiger partial charge in [-0.2, -0.15) is 4.72 Å². The molecule has 0 radical (unpaired) electrons. The predicted molar refractivity (Wildman–Crippen MR) is 116 cm³/mol. The van der Waals surface area contributed by atoms with E-state index in [2.05, 4.69) is 4.72 Å². The number of sulfonamides is 1. The van der Waals surface area contributed by atoms with E-state index in [4.69, 9.17) is 23.2 Å². The summed E-state index contributed by atoms with van der Waals surface area (Å²) in [5, 5.41) is 0.316. The van der Waals surface area contributed by atoms with Crippen molar-refractivity contribution in [3.63, 3.8) is 0 Å². The Labute approximate surface area is 182 Å². The number of hydrogen-bond donors (Lipinski definition) is 1. The van der Waals surface area contributed by atoms with Crippen molar-refractivity contribution < 1.29 is 13.2 Å². The second-order valence-electron chi connectivity index (χ2n) is 7.18. The largest absolute Gasteiger partial charge is 0.341 e. The molecule has 8 heteroatoms. The van der Waals surface area contributed by atoms with E-state index < -0.39 is 16.1 Å². The lowest BCUT2D eigenvalue weighted by Crippen LogP contribution is -2.50. The van der Waals surface area contributed by atoms with Gasteiger partial charge in [-0.15, -0.1) is 0 Å². The number of rotatable bonds is 6. The van der Waals surface area contributed by atoms with Crippen LogP contribution in [0.25, 0.3) is 0 Å². The molecule has 1 aliphatic rings. The lowest BCUT2D eigenvalue weighted by atomic mass is 10.1. The highest BCUT2D eigenvalue weighted by Crippen LogP contribution is 2.25. The Bertz CT molecular complexity index is 944. The van der Waals surface area contributed by atoms with Crippen LogP contribution in [0.4, 0.5) is 0 Å². The van der Waals surface area contributed by atoms with E-state index in [1.54, 1.807) is 4.90 Å². The number of nitrogens with one attached hydrogen (secondary N) is 1. The molecule has 1 fully saturated rings. The van der Waals surface area contributed by atoms with Gasteiger partial charge in [-0.1, -0.05) is 66.4 Å². The van der Waals surface area contributed by atoms with Crippen molar-refractivity contribution in [1.82, 2.24) is 9.62 Å². The van der Waals surface area contributed by atoms with Gasteiger partial charge >= 0.3 is 0 Å². The van der Waals surface area contributed by atoms with Gasteiger partial charge in [0.25, 0.3) is 0 Å². The molecule has 156 valence electrons. The number of amides is 1. The quantitative estimate of drug-likeness (QED) is 0.707. The maximum atomic E-state index is 13.3. The predicted octanol–water partition coefficient (Wildman–Crippen LogP) is 4.29. The molecule has 0 spiro atoms. The maximum Gasteiger partial charge on any atom is 0.242 e. The van der Waals surface area contributed by atoms with E-state index in [1.807, 2.05) is 30.3 Å². The van der Waals surface area contributed by atoms with E-state index in [9.17, 15) is 13.2 Å². The molecular weight excluding hydrogens is 431 g/mol. The zero-order valence-corrected chi connectivity index (χ0v) is 18.3. The van der Waals surface area contributed by atoms with Gasteiger partial charge < -0.3 is 4.90 Å². The summed E-state index contributed by atoms with van der Waals surface area (Å²) in [5.74, 6) is -0.211. The highest BCUT2D eigenvalue weighted by Gasteiger charge is 2.31. The fourth-order valence-corrected chi connectivity index (χ4v) is 5.43. The van der Waals surface area contributed by atoms with Crippen LogP contribution in [0.1, 0.15) is 31.2 Å². The fraction of sp³-hybridized carbons (Fsp3) is 0.381. The Kier molecular flexibility index (Phi) is 7.57. The minimum absolute atomic E-state index is 0.0579. The summed E-state index contributed by atoms with van der Waals surface area (Å²) in [4.78, 5) is 14.9. The normalized spacial score (nSPS) is 16.3. The summed E-state index contributed by atoms with van der Waals surface area (Å²) < 4.78 is 28.7. The number of likely N-dealkylation sites (tertiary alicyclic amines) is 1. The molecule has 1 aliphatic heterocycles. The van der Waals surface area contributed by atoms with E-state index in [0.29, 0.717) is 13.1 Å². The van der Waals surface area contributed by atoms with Crippen LogP contribution in [0, 0.1) is 0 Å². The van der Waals surface area contributed by atoms with Crippen LogP contribution < -0.4 is 4.72 Å². The van der Waals surface area contributed by atoms with Crippen LogP contribution in [-0.2, 0) is 21.2 Å². The number of hydrogen-bond acceptors (Lipinski definition) is 3. The van der Waals surface area contributed by atoms with Gasteiger partial charge in [-0.05, 0) is 43.0 Å². The topological polar surface area (TPSA) is 66.5 Å². The molecule has 1 N–H and O–H groups in total. The third kappa shape index (κ3) is 5.95. The molecule has 1 saturated heterocycles. The first-order chi connectivity index (χ1) is 13.9. The molecule has 0 aromatic heterocycles. The molecule has 1 heterocycles. The summed E-state index contributed by atoms with van der Waals surface area (Å²) in [6.07, 6.45) is 4.27. The van der Waals surface area contributed by atoms with Crippen molar-refractivity contribution >= 4 is 39.1 Å². The van der Waals surface area contributed by atoms with Gasteiger partial charge in [-0.3, -0.25) is 4.79 Å². The number of carbonyl (C=O) groups is 1. The van der Waals surface area contributed by atoms with Crippen molar-refractivity contribution in [2.24, 2.45) is 0 Å². The monoisotopic (exact) mass is 454 g/mol. The van der Waals surface area contributed by atoms with Gasteiger partial charge in [0.05, 0.1) is 5.02 Å². The van der Waals surface area contributed by atoms with Gasteiger partial charge in [0.1, 0.15) is 10.9 Å². The molecule has 2 aromatic carbocycles. The van der Waals surface area contributed by atoms with E-state index >= 15 is 0 Å². The zero-order chi connectivity index (χ0) is 20.9. The third-order valence-electron chi connectivity index (χ3n) is 4.98. The average Bonchev–Trinajstić information content (AvgIpc) is 2.99. The molecule has 1 amide bonds. The lowest BCUT2D eigenvalue weighted by molar-refractivity contribution is -0.132. The van der Waals surface area contributed by atoms with Crippen LogP contribution in [0.15, 0.2) is 53.4 Å². The number of benzene rings is 2. The number of carbonyl (C=O) groups excluding carboxylic acids is 1. The Morgan fingerprint density at radius 2 is 1.66 bits per heavy atom. The van der Waals surface area contributed by atoms with Crippen molar-refractivity contribution in [2.45, 2.75) is 43.0 Å². The van der Waals surface area contributed by atoms with Crippen LogP contribution in [0.5, 0.6) is 0 Å². The minimum atomic E-state index is -4.04. The van der Waals surface area contributed by atoms with Crippen molar-refractivity contribution in [3.8, 4) is 0 Å². The van der Waals surface area contributed by atoms with Gasteiger partial charge in [-0.25, -0.2) is 8.42 Å². The van der Waals surface area contributed by atoms with Crippen LogP contribution in [0.2, 0.25) is 10.0 Å². The molecule has 0 aliphatic carbocycles. The minimum Gasteiger partial charge on any atom is -0.341 e. The molecule has 29 heavy (non-hydrogen) atoms. The molecule has 1 atom stereocenters. The number of halogens is 2. The first-order valence-corrected chi connectivity index (χ1v) is 11.9. The second-order valence-corrected chi connectivity index (χ2v) is 9.70. The smallest absolute Gasteiger partial charge is 0.242 e. The summed E-state index contributed by atoms with van der Waals surface area (Å²) in [6.45, 7) is 1.29. The summed E-state index contributed by atoms with van der Waals surface area (Å²) in [5.41, 5.74) is 0.876. The third-order valence-corrected chi connectivity index (χ3v) is 7.17. The van der Waals surface area contributed by atoms with Gasteiger partial charge in [0.2, 0.25) is 15.9 Å². The maximum absolute atomic E-state index is 13.3. The van der Waals surface area contributed by atoms with Gasteiger partial charge in [0.15, 0.2) is 0 Å². The van der Waals surface area contributed by atoms with E-state index in [1.165, 1.54) is 18.2 Å². The lowest BCUT2D eigenvalue weighted by Gasteiger charge is -2.27. The zero-order valence-electron chi connectivity index (χ0n) is 16.0. The summed E-state index contributed by atoms with van der Waals surface area (Å²) in [6, 6.07) is 12.7. The molecule has 0 saturated carbocycles. The molecule has 0 bridgehead atoms. The average molecular weight is 455 g/mol. The Balaban J connectivity index is 1.89. The van der Waals surface area contributed by atoms with Gasteiger partial charge in [0, 0.05) is 18.1 Å². The fourth-order valence-electron chi connectivity index (χ4n) is 3.47. The van der Waals surface area contributed by atoms with Crippen LogP contribution in [-0.4, -0.2) is 38.4 Å². The number of nitrogens with zero attached hydrogens (tertiary/aromatic N) is 1. The molecule has 0 unspecified atom stereocenters.